The number of aromatic hydroxyl groups is 1. The number of ether oxygens (including phenoxy) is 1. The van der Waals surface area contributed by atoms with E-state index in [0.717, 1.165) is 10.8 Å². The van der Waals surface area contributed by atoms with E-state index in [9.17, 15) is 9.90 Å². The number of phenols is 1. The Labute approximate surface area is 125 Å². The Morgan fingerprint density at radius 1 is 1.00 bits per heavy atom. The first-order valence-corrected chi connectivity index (χ1v) is 6.84. The molecule has 0 saturated carbocycles. The van der Waals surface area contributed by atoms with Crippen LogP contribution in [0.15, 0.2) is 57.7 Å². The van der Waals surface area contributed by atoms with Crippen LogP contribution in [0.5, 0.6) is 11.5 Å². The molecule has 4 heteroatoms. The van der Waals surface area contributed by atoms with Crippen LogP contribution in [0.1, 0.15) is 0 Å². The molecule has 1 aromatic heterocycles. The summed E-state index contributed by atoms with van der Waals surface area (Å²) >= 11 is 0. The molecule has 22 heavy (non-hydrogen) atoms. The SMILES string of the molecule is COc1ccc2c(c1)oc(=O)c1c(O)c3ccccc3cc12. The van der Waals surface area contributed by atoms with Crippen LogP contribution in [0.4, 0.5) is 0 Å². The highest BCUT2D eigenvalue weighted by Crippen LogP contribution is 2.35. The standard InChI is InChI=1S/C18H12O4/c1-21-11-6-7-13-14-8-10-4-2-3-5-12(10)17(19)16(14)18(20)22-15(13)9-11/h2-9,19H,1H3. The van der Waals surface area contributed by atoms with E-state index in [4.69, 9.17) is 9.15 Å². The fourth-order valence-electron chi connectivity index (χ4n) is 2.83. The number of fused-ring (bicyclic) bond motifs is 4. The molecule has 3 aromatic carbocycles. The van der Waals surface area contributed by atoms with E-state index in [2.05, 4.69) is 0 Å². The Kier molecular flexibility index (Phi) is 2.60. The van der Waals surface area contributed by atoms with Gasteiger partial charge in [0, 0.05) is 22.2 Å². The zero-order valence-electron chi connectivity index (χ0n) is 11.8. The number of hydrogen-bond acceptors (Lipinski definition) is 4. The second kappa shape index (κ2) is 4.49. The van der Waals surface area contributed by atoms with Crippen molar-refractivity contribution >= 4 is 32.5 Å². The lowest BCUT2D eigenvalue weighted by molar-refractivity contribution is 0.414. The van der Waals surface area contributed by atoms with Gasteiger partial charge in [0.05, 0.1) is 7.11 Å². The second-order valence-corrected chi connectivity index (χ2v) is 5.12. The number of methoxy groups -OCH3 is 1. The molecule has 0 unspecified atom stereocenters. The Balaban J connectivity index is 2.28. The van der Waals surface area contributed by atoms with E-state index in [1.807, 2.05) is 30.3 Å². The van der Waals surface area contributed by atoms with Crippen molar-refractivity contribution in [3.05, 3.63) is 59.0 Å². The summed E-state index contributed by atoms with van der Waals surface area (Å²) in [7, 11) is 1.56. The van der Waals surface area contributed by atoms with E-state index >= 15 is 0 Å². The lowest BCUT2D eigenvalue weighted by atomic mass is 10.0. The van der Waals surface area contributed by atoms with Gasteiger partial charge in [-0.25, -0.2) is 4.79 Å². The maximum Gasteiger partial charge on any atom is 0.348 e. The topological polar surface area (TPSA) is 59.7 Å². The van der Waals surface area contributed by atoms with Gasteiger partial charge in [-0.15, -0.1) is 0 Å². The predicted octanol–water partition coefficient (Wildman–Crippen LogP) is 3.81. The van der Waals surface area contributed by atoms with Crippen molar-refractivity contribution in [1.82, 2.24) is 0 Å². The van der Waals surface area contributed by atoms with Crippen molar-refractivity contribution in [2.24, 2.45) is 0 Å². The summed E-state index contributed by atoms with van der Waals surface area (Å²) in [6.07, 6.45) is 0. The fourth-order valence-corrected chi connectivity index (χ4v) is 2.83. The van der Waals surface area contributed by atoms with Crippen LogP contribution < -0.4 is 10.4 Å². The highest BCUT2D eigenvalue weighted by molar-refractivity contribution is 6.13. The maximum atomic E-state index is 12.3. The predicted molar refractivity (Wildman–Crippen MR) is 85.7 cm³/mol. The number of benzene rings is 3. The van der Waals surface area contributed by atoms with Crippen molar-refractivity contribution in [3.8, 4) is 11.5 Å². The number of rotatable bonds is 1. The highest BCUT2D eigenvalue weighted by Gasteiger charge is 2.14. The Hall–Kier alpha value is -3.01. The van der Waals surface area contributed by atoms with Crippen LogP contribution in [0.3, 0.4) is 0 Å². The van der Waals surface area contributed by atoms with E-state index in [1.165, 1.54) is 0 Å². The quantitative estimate of drug-likeness (QED) is 0.329. The van der Waals surface area contributed by atoms with Crippen molar-refractivity contribution < 1.29 is 14.3 Å². The molecule has 0 spiro atoms. The first-order valence-electron chi connectivity index (χ1n) is 6.84. The lowest BCUT2D eigenvalue weighted by Crippen LogP contribution is -2.00. The van der Waals surface area contributed by atoms with Gasteiger partial charge in [-0.2, -0.15) is 0 Å². The summed E-state index contributed by atoms with van der Waals surface area (Å²) in [6.45, 7) is 0. The Morgan fingerprint density at radius 2 is 1.82 bits per heavy atom. The first-order chi connectivity index (χ1) is 10.7. The van der Waals surface area contributed by atoms with Crippen molar-refractivity contribution in [2.75, 3.05) is 7.11 Å². The van der Waals surface area contributed by atoms with Gasteiger partial charge < -0.3 is 14.3 Å². The summed E-state index contributed by atoms with van der Waals surface area (Å²) in [6, 6.07) is 14.6. The molecule has 0 aliphatic carbocycles. The zero-order chi connectivity index (χ0) is 15.3. The maximum absolute atomic E-state index is 12.3. The second-order valence-electron chi connectivity index (χ2n) is 5.12. The minimum atomic E-state index is -0.556. The highest BCUT2D eigenvalue weighted by atomic mass is 16.5. The van der Waals surface area contributed by atoms with Crippen LogP contribution in [-0.4, -0.2) is 12.2 Å². The molecule has 0 aliphatic rings. The fraction of sp³-hybridized carbons (Fsp3) is 0.0556. The Bertz CT molecular complexity index is 1090. The van der Waals surface area contributed by atoms with Crippen molar-refractivity contribution in [3.63, 3.8) is 0 Å². The average molecular weight is 292 g/mol. The molecule has 0 atom stereocenters. The first kappa shape index (κ1) is 12.7. The smallest absolute Gasteiger partial charge is 0.348 e. The van der Waals surface area contributed by atoms with Crippen molar-refractivity contribution in [2.45, 2.75) is 0 Å². The molecule has 0 radical (unpaired) electrons. The summed E-state index contributed by atoms with van der Waals surface area (Å²) in [5.41, 5.74) is -0.120. The van der Waals surface area contributed by atoms with Gasteiger partial charge in [0.15, 0.2) is 0 Å². The van der Waals surface area contributed by atoms with Crippen LogP contribution in [0.2, 0.25) is 0 Å². The summed E-state index contributed by atoms with van der Waals surface area (Å²) in [4.78, 5) is 12.3. The molecule has 0 saturated heterocycles. The van der Waals surface area contributed by atoms with Gasteiger partial charge in [-0.1, -0.05) is 24.3 Å². The third kappa shape index (κ3) is 1.67. The molecule has 0 aliphatic heterocycles. The van der Waals surface area contributed by atoms with E-state index in [0.29, 0.717) is 22.1 Å². The minimum absolute atomic E-state index is 0.0421. The van der Waals surface area contributed by atoms with E-state index in [1.54, 1.807) is 25.3 Å². The van der Waals surface area contributed by atoms with E-state index in [-0.39, 0.29) is 11.1 Å². The third-order valence-electron chi connectivity index (χ3n) is 3.91. The van der Waals surface area contributed by atoms with Gasteiger partial charge in [0.1, 0.15) is 22.5 Å². The zero-order valence-corrected chi connectivity index (χ0v) is 11.8. The molecule has 0 amide bonds. The normalized spacial score (nSPS) is 11.3. The summed E-state index contributed by atoms with van der Waals surface area (Å²) in [5, 5.41) is 13.6. The average Bonchev–Trinajstić information content (AvgIpc) is 2.54. The van der Waals surface area contributed by atoms with Crippen LogP contribution in [0, 0.1) is 0 Å². The summed E-state index contributed by atoms with van der Waals surface area (Å²) < 4.78 is 10.5. The van der Waals surface area contributed by atoms with Crippen molar-refractivity contribution in [1.29, 1.82) is 0 Å². The molecule has 1 heterocycles. The largest absolute Gasteiger partial charge is 0.506 e. The summed E-state index contributed by atoms with van der Waals surface area (Å²) in [5.74, 6) is 0.569. The van der Waals surface area contributed by atoms with E-state index < -0.39 is 5.63 Å². The molecule has 4 aromatic rings. The molecule has 1 N–H and O–H groups in total. The minimum Gasteiger partial charge on any atom is -0.506 e. The number of hydrogen-bond donors (Lipinski definition) is 1. The Morgan fingerprint density at radius 3 is 2.64 bits per heavy atom. The monoisotopic (exact) mass is 292 g/mol. The van der Waals surface area contributed by atoms with Crippen LogP contribution >= 0.6 is 0 Å². The van der Waals surface area contributed by atoms with Gasteiger partial charge in [0.2, 0.25) is 0 Å². The molecule has 4 nitrogen and oxygen atoms in total. The van der Waals surface area contributed by atoms with Gasteiger partial charge in [-0.3, -0.25) is 0 Å². The number of phenolic OH excluding ortho intramolecular Hbond substituents is 1. The molecule has 108 valence electrons. The third-order valence-corrected chi connectivity index (χ3v) is 3.91. The van der Waals surface area contributed by atoms with Gasteiger partial charge in [-0.05, 0) is 23.6 Å². The van der Waals surface area contributed by atoms with Crippen LogP contribution in [-0.2, 0) is 0 Å². The van der Waals surface area contributed by atoms with Gasteiger partial charge in [0.25, 0.3) is 0 Å². The molecule has 4 rings (SSSR count). The molecule has 0 bridgehead atoms. The molecular formula is C18H12O4. The molecule has 0 fully saturated rings. The lowest BCUT2D eigenvalue weighted by Gasteiger charge is -2.08. The van der Waals surface area contributed by atoms with Gasteiger partial charge >= 0.3 is 5.63 Å². The molecular weight excluding hydrogens is 280 g/mol. The van der Waals surface area contributed by atoms with Crippen LogP contribution in [0.25, 0.3) is 32.5 Å².